The lowest BCUT2D eigenvalue weighted by Crippen LogP contribution is -2.31. The second-order valence-corrected chi connectivity index (χ2v) is 6.49. The summed E-state index contributed by atoms with van der Waals surface area (Å²) in [6.45, 7) is 3.92. The van der Waals surface area contributed by atoms with E-state index in [1.807, 2.05) is 42.6 Å². The lowest BCUT2D eigenvalue weighted by molar-refractivity contribution is 0.0957. The molecule has 0 aliphatic heterocycles. The van der Waals surface area contributed by atoms with E-state index in [1.165, 1.54) is 11.3 Å². The van der Waals surface area contributed by atoms with E-state index in [0.29, 0.717) is 30.5 Å². The Bertz CT molecular complexity index is 747. The number of carbonyl (C=O) groups excluding carboxylic acids is 1. The van der Waals surface area contributed by atoms with Crippen molar-refractivity contribution < 1.29 is 14.3 Å². The largest absolute Gasteiger partial charge is 0.493 e. The van der Waals surface area contributed by atoms with Crippen LogP contribution >= 0.6 is 11.3 Å². The van der Waals surface area contributed by atoms with E-state index in [2.05, 4.69) is 20.9 Å². The molecule has 1 aromatic heterocycles. The average Bonchev–Trinajstić information content (AvgIpc) is 3.22. The van der Waals surface area contributed by atoms with Gasteiger partial charge in [0.15, 0.2) is 17.5 Å². The highest BCUT2D eigenvalue weighted by molar-refractivity contribution is 7.12. The van der Waals surface area contributed by atoms with Gasteiger partial charge in [-0.25, -0.2) is 0 Å². The summed E-state index contributed by atoms with van der Waals surface area (Å²) in [7, 11) is 3.21. The average molecular weight is 391 g/mol. The third-order valence-electron chi connectivity index (χ3n) is 3.63. The van der Waals surface area contributed by atoms with Gasteiger partial charge in [-0.1, -0.05) is 6.07 Å². The summed E-state index contributed by atoms with van der Waals surface area (Å²) in [5.74, 6) is 1.96. The Morgan fingerprint density at radius 1 is 1.15 bits per heavy atom. The number of nitrogens with one attached hydrogen (secondary N) is 3. The van der Waals surface area contributed by atoms with Crippen LogP contribution in [-0.2, 0) is 0 Å². The molecule has 8 heteroatoms. The number of carbonyl (C=O) groups is 1. The van der Waals surface area contributed by atoms with Gasteiger partial charge in [0.05, 0.1) is 19.1 Å². The molecule has 146 valence electrons. The summed E-state index contributed by atoms with van der Waals surface area (Å²) in [4.78, 5) is 17.1. The topological polar surface area (TPSA) is 84.0 Å². The first-order valence-corrected chi connectivity index (χ1v) is 9.65. The smallest absolute Gasteiger partial charge is 0.261 e. The number of ether oxygens (including phenoxy) is 2. The molecule has 0 atom stereocenters. The van der Waals surface area contributed by atoms with Crippen molar-refractivity contribution in [3.8, 4) is 11.5 Å². The number of anilines is 1. The Morgan fingerprint density at radius 2 is 1.96 bits per heavy atom. The van der Waals surface area contributed by atoms with Crippen molar-refractivity contribution in [2.24, 2.45) is 4.99 Å². The minimum atomic E-state index is -0.0376. The van der Waals surface area contributed by atoms with E-state index in [9.17, 15) is 4.79 Å². The summed E-state index contributed by atoms with van der Waals surface area (Å²) in [5, 5.41) is 11.2. The van der Waals surface area contributed by atoms with Crippen LogP contribution in [0.4, 0.5) is 5.69 Å². The minimum absolute atomic E-state index is 0.0376. The van der Waals surface area contributed by atoms with Gasteiger partial charge in [-0.15, -0.1) is 11.3 Å². The molecule has 1 amide bonds. The Balaban J connectivity index is 1.85. The summed E-state index contributed by atoms with van der Waals surface area (Å²) in [6.07, 6.45) is 0.750. The third-order valence-corrected chi connectivity index (χ3v) is 4.49. The number of aliphatic imine (C=N–C) groups is 1. The van der Waals surface area contributed by atoms with Crippen molar-refractivity contribution in [2.45, 2.75) is 13.3 Å². The van der Waals surface area contributed by atoms with Crippen LogP contribution in [-0.4, -0.2) is 45.7 Å². The summed E-state index contributed by atoms with van der Waals surface area (Å²) in [5.41, 5.74) is 0.846. The van der Waals surface area contributed by atoms with Crippen LogP contribution in [0.5, 0.6) is 11.5 Å². The molecule has 3 N–H and O–H groups in total. The van der Waals surface area contributed by atoms with Gasteiger partial charge in [0.25, 0.3) is 5.91 Å². The molecule has 0 radical (unpaired) electrons. The summed E-state index contributed by atoms with van der Waals surface area (Å²) < 4.78 is 10.6. The number of hydrogen-bond donors (Lipinski definition) is 3. The van der Waals surface area contributed by atoms with Crippen molar-refractivity contribution in [3.63, 3.8) is 0 Å². The quantitative estimate of drug-likeness (QED) is 0.348. The molecule has 0 unspecified atom stereocenters. The first-order chi connectivity index (χ1) is 13.2. The highest BCUT2D eigenvalue weighted by Crippen LogP contribution is 2.29. The van der Waals surface area contributed by atoms with Crippen molar-refractivity contribution in [3.05, 3.63) is 40.6 Å². The molecular formula is C19H26N4O3S. The monoisotopic (exact) mass is 390 g/mol. The van der Waals surface area contributed by atoms with Gasteiger partial charge in [-0.3, -0.25) is 9.79 Å². The van der Waals surface area contributed by atoms with Gasteiger partial charge in [0, 0.05) is 31.4 Å². The van der Waals surface area contributed by atoms with Crippen LogP contribution in [0.1, 0.15) is 23.0 Å². The first kappa shape index (κ1) is 20.6. The number of methoxy groups -OCH3 is 2. The maximum absolute atomic E-state index is 11.9. The molecule has 0 aliphatic rings. The highest BCUT2D eigenvalue weighted by Gasteiger charge is 2.07. The van der Waals surface area contributed by atoms with E-state index in [4.69, 9.17) is 9.47 Å². The second-order valence-electron chi connectivity index (χ2n) is 5.54. The Hall–Kier alpha value is -2.74. The number of thiophene rings is 1. The van der Waals surface area contributed by atoms with Crippen molar-refractivity contribution in [1.29, 1.82) is 0 Å². The lowest BCUT2D eigenvalue weighted by atomic mass is 10.3. The van der Waals surface area contributed by atoms with Crippen LogP contribution < -0.4 is 25.4 Å². The Morgan fingerprint density at radius 3 is 2.63 bits per heavy atom. The summed E-state index contributed by atoms with van der Waals surface area (Å²) in [6, 6.07) is 9.27. The van der Waals surface area contributed by atoms with Gasteiger partial charge in [-0.2, -0.15) is 0 Å². The number of amides is 1. The molecule has 1 heterocycles. The van der Waals surface area contributed by atoms with Crippen LogP contribution in [0.25, 0.3) is 0 Å². The normalized spacial score (nSPS) is 11.0. The Labute approximate surface area is 163 Å². The molecule has 0 spiro atoms. The molecule has 27 heavy (non-hydrogen) atoms. The predicted octanol–water partition coefficient (Wildman–Crippen LogP) is 2.96. The molecule has 1 aromatic carbocycles. The van der Waals surface area contributed by atoms with E-state index in [0.717, 1.165) is 23.5 Å². The maximum atomic E-state index is 11.9. The summed E-state index contributed by atoms with van der Waals surface area (Å²) >= 11 is 1.43. The van der Waals surface area contributed by atoms with Crippen LogP contribution in [0.2, 0.25) is 0 Å². The highest BCUT2D eigenvalue weighted by atomic mass is 32.1. The number of guanidine groups is 1. The van der Waals surface area contributed by atoms with E-state index < -0.39 is 0 Å². The molecule has 0 saturated carbocycles. The molecule has 0 fully saturated rings. The fourth-order valence-electron chi connectivity index (χ4n) is 2.32. The minimum Gasteiger partial charge on any atom is -0.493 e. The number of hydrogen-bond acceptors (Lipinski definition) is 5. The van der Waals surface area contributed by atoms with Crippen molar-refractivity contribution in [1.82, 2.24) is 10.6 Å². The molecule has 2 aromatic rings. The van der Waals surface area contributed by atoms with Crippen molar-refractivity contribution >= 4 is 28.9 Å². The molecule has 0 saturated heterocycles. The van der Waals surface area contributed by atoms with Crippen LogP contribution in [0.15, 0.2) is 40.7 Å². The standard InChI is InChI=1S/C19H26N4O3S/c1-4-20-19(23-14-8-9-15(25-2)16(13-14)26-3)22-11-6-10-21-18(24)17-7-5-12-27-17/h5,7-9,12-13H,4,6,10-11H2,1-3H3,(H,21,24)(H2,20,22,23). The zero-order valence-electron chi connectivity index (χ0n) is 15.9. The van der Waals surface area contributed by atoms with Crippen molar-refractivity contribution in [2.75, 3.05) is 39.2 Å². The fourth-order valence-corrected chi connectivity index (χ4v) is 2.96. The SMILES string of the molecule is CCNC(=NCCCNC(=O)c1cccs1)Nc1ccc(OC)c(OC)c1. The number of nitrogens with zero attached hydrogens (tertiary/aromatic N) is 1. The van der Waals surface area contributed by atoms with Gasteiger partial charge < -0.3 is 25.4 Å². The zero-order chi connectivity index (χ0) is 19.5. The molecule has 2 rings (SSSR count). The molecule has 7 nitrogen and oxygen atoms in total. The fraction of sp³-hybridized carbons (Fsp3) is 0.368. The molecule has 0 bridgehead atoms. The number of rotatable bonds is 9. The van der Waals surface area contributed by atoms with Gasteiger partial charge in [0.2, 0.25) is 0 Å². The lowest BCUT2D eigenvalue weighted by Gasteiger charge is -2.14. The van der Waals surface area contributed by atoms with E-state index in [1.54, 1.807) is 14.2 Å². The first-order valence-electron chi connectivity index (χ1n) is 8.77. The van der Waals surface area contributed by atoms with E-state index in [-0.39, 0.29) is 5.91 Å². The third kappa shape index (κ3) is 6.49. The van der Waals surface area contributed by atoms with Gasteiger partial charge >= 0.3 is 0 Å². The van der Waals surface area contributed by atoms with Crippen LogP contribution in [0.3, 0.4) is 0 Å². The molecule has 0 aliphatic carbocycles. The number of benzene rings is 1. The van der Waals surface area contributed by atoms with Gasteiger partial charge in [0.1, 0.15) is 0 Å². The molecular weight excluding hydrogens is 364 g/mol. The predicted molar refractivity (Wildman–Crippen MR) is 110 cm³/mol. The second kappa shape index (κ2) is 11.1. The van der Waals surface area contributed by atoms with Gasteiger partial charge in [-0.05, 0) is 36.9 Å². The Kier molecular flexibility index (Phi) is 8.44. The maximum Gasteiger partial charge on any atom is 0.261 e. The zero-order valence-corrected chi connectivity index (χ0v) is 16.7. The van der Waals surface area contributed by atoms with Crippen LogP contribution in [0, 0.1) is 0 Å². The van der Waals surface area contributed by atoms with E-state index >= 15 is 0 Å².